The molecule has 232 valence electrons. The smallest absolute Gasteiger partial charge is 0.223 e. The Balaban J connectivity index is 0.000000267. The second-order valence-electron chi connectivity index (χ2n) is 15.4. The van der Waals surface area contributed by atoms with E-state index in [4.69, 9.17) is 0 Å². The van der Waals surface area contributed by atoms with Crippen molar-refractivity contribution < 1.29 is 9.59 Å². The first-order valence-electron chi connectivity index (χ1n) is 15.7. The minimum absolute atomic E-state index is 0.0253. The second-order valence-corrected chi connectivity index (χ2v) is 15.4. The summed E-state index contributed by atoms with van der Waals surface area (Å²) in [4.78, 5) is 31.2. The van der Waals surface area contributed by atoms with Crippen molar-refractivity contribution in [2.24, 2.45) is 0 Å². The average Bonchev–Trinajstić information content (AvgIpc) is 3.52. The Kier molecular flexibility index (Phi) is 13.8. The lowest BCUT2D eigenvalue weighted by Crippen LogP contribution is -2.47. The summed E-state index contributed by atoms with van der Waals surface area (Å²) in [6, 6.07) is 0. The van der Waals surface area contributed by atoms with E-state index in [-0.39, 0.29) is 11.1 Å². The number of carbonyl (C=O) groups excluding carboxylic acids is 2. The number of allylic oxidation sites excluding steroid dienone is 1. The lowest BCUT2D eigenvalue weighted by atomic mass is 10.0. The fourth-order valence-corrected chi connectivity index (χ4v) is 5.14. The van der Waals surface area contributed by atoms with Crippen molar-refractivity contribution >= 4 is 11.8 Å². The van der Waals surface area contributed by atoms with Crippen molar-refractivity contribution in [1.82, 2.24) is 19.6 Å². The summed E-state index contributed by atoms with van der Waals surface area (Å²) in [5.74, 6) is 0.635. The van der Waals surface area contributed by atoms with Gasteiger partial charge in [-0.2, -0.15) is 0 Å². The van der Waals surface area contributed by atoms with Crippen LogP contribution in [0.2, 0.25) is 0 Å². The topological polar surface area (TPSA) is 47.1 Å². The lowest BCUT2D eigenvalue weighted by Gasteiger charge is -2.38. The predicted octanol–water partition coefficient (Wildman–Crippen LogP) is 7.60. The van der Waals surface area contributed by atoms with E-state index in [2.05, 4.69) is 117 Å². The molecule has 0 radical (unpaired) electrons. The molecule has 2 fully saturated rings. The van der Waals surface area contributed by atoms with Gasteiger partial charge in [-0.1, -0.05) is 12.2 Å². The third kappa shape index (κ3) is 13.1. The molecule has 4 aliphatic heterocycles. The molecule has 0 spiro atoms. The van der Waals surface area contributed by atoms with E-state index in [1.54, 1.807) is 0 Å². The van der Waals surface area contributed by atoms with Crippen LogP contribution in [0.3, 0.4) is 0 Å². The molecule has 0 aromatic rings. The predicted molar refractivity (Wildman–Crippen MR) is 171 cm³/mol. The number of hydrogen-bond donors (Lipinski definition) is 0. The zero-order chi connectivity index (χ0) is 30.8. The van der Waals surface area contributed by atoms with Gasteiger partial charge in [-0.3, -0.25) is 9.59 Å². The lowest BCUT2D eigenvalue weighted by molar-refractivity contribution is -0.138. The normalized spacial score (nSPS) is 20.0. The summed E-state index contributed by atoms with van der Waals surface area (Å²) >= 11 is 0. The standard InChI is InChI=1S/C9H17NO.C9H17N.C8H15NO.C8H15N/c1-9(2,3)10-7-5-4-6-8(10)11;1-9(2,3)10-7-5-4-6-8-10;1-8(2,3)9-6-4-5-7(9)10;1-8(2,3)9-6-4-5-7-9/h4-7H2,1-3H3;5,7H,4,6,8H2,1-3H3;4-6H2,1-3H3;4,6H,5,7H2,1-3H3. The van der Waals surface area contributed by atoms with Crippen LogP contribution >= 0.6 is 0 Å². The summed E-state index contributed by atoms with van der Waals surface area (Å²) in [6.07, 6.45) is 17.5. The molecule has 0 aromatic heterocycles. The first kappa shape index (κ1) is 36.0. The Bertz CT molecular complexity index is 834. The van der Waals surface area contributed by atoms with Crippen molar-refractivity contribution in [1.29, 1.82) is 0 Å². The highest BCUT2D eigenvalue weighted by Crippen LogP contribution is 2.22. The van der Waals surface area contributed by atoms with Crippen molar-refractivity contribution in [3.05, 3.63) is 24.6 Å². The molecule has 0 aromatic carbocycles. The van der Waals surface area contributed by atoms with Crippen molar-refractivity contribution in [3.8, 4) is 0 Å². The number of carbonyl (C=O) groups is 2. The molecule has 0 aliphatic carbocycles. The maximum atomic E-state index is 11.4. The fraction of sp³-hybridized carbons (Fsp3) is 0.824. The van der Waals surface area contributed by atoms with E-state index < -0.39 is 0 Å². The van der Waals surface area contributed by atoms with Gasteiger partial charge in [0.1, 0.15) is 0 Å². The number of hydrogen-bond acceptors (Lipinski definition) is 4. The molecule has 4 aliphatic rings. The highest BCUT2D eigenvalue weighted by molar-refractivity contribution is 5.78. The molecule has 2 saturated heterocycles. The van der Waals surface area contributed by atoms with Gasteiger partial charge in [-0.25, -0.2) is 0 Å². The number of rotatable bonds is 0. The monoisotopic (exact) mass is 561 g/mol. The zero-order valence-corrected chi connectivity index (χ0v) is 28.4. The van der Waals surface area contributed by atoms with Crippen molar-refractivity contribution in [2.75, 3.05) is 26.2 Å². The summed E-state index contributed by atoms with van der Waals surface area (Å²) < 4.78 is 0. The van der Waals surface area contributed by atoms with E-state index in [0.717, 1.165) is 38.8 Å². The third-order valence-electron chi connectivity index (χ3n) is 7.62. The van der Waals surface area contributed by atoms with E-state index in [9.17, 15) is 9.59 Å². The zero-order valence-electron chi connectivity index (χ0n) is 28.4. The summed E-state index contributed by atoms with van der Waals surface area (Å²) in [5, 5.41) is 0. The van der Waals surface area contributed by atoms with E-state index >= 15 is 0 Å². The SMILES string of the molecule is CC(C)(C)N1C=CCC1.CC(C)(C)N1C=CCCC1.CC(C)(C)N1CCCC1=O.CC(C)(C)N1CCCCC1=O. The van der Waals surface area contributed by atoms with Gasteiger partial charge in [-0.15, -0.1) is 0 Å². The molecule has 0 unspecified atom stereocenters. The van der Waals surface area contributed by atoms with Gasteiger partial charge in [0.15, 0.2) is 0 Å². The molecule has 0 saturated carbocycles. The molecule has 0 atom stereocenters. The summed E-state index contributed by atoms with van der Waals surface area (Å²) in [5.41, 5.74) is 0.703. The number of amides is 2. The van der Waals surface area contributed by atoms with E-state index in [1.165, 1.54) is 38.8 Å². The van der Waals surface area contributed by atoms with Crippen LogP contribution in [0.5, 0.6) is 0 Å². The highest BCUT2D eigenvalue weighted by atomic mass is 16.2. The summed E-state index contributed by atoms with van der Waals surface area (Å²) in [7, 11) is 0. The Morgan fingerprint density at radius 2 is 0.900 bits per heavy atom. The van der Waals surface area contributed by atoms with Gasteiger partial charge in [-0.05, 0) is 134 Å². The minimum Gasteiger partial charge on any atom is -0.373 e. The van der Waals surface area contributed by atoms with Crippen molar-refractivity contribution in [2.45, 2.75) is 157 Å². The molecule has 6 nitrogen and oxygen atoms in total. The Hall–Kier alpha value is -1.98. The fourth-order valence-electron chi connectivity index (χ4n) is 5.14. The van der Waals surface area contributed by atoms with Crippen LogP contribution < -0.4 is 0 Å². The second kappa shape index (κ2) is 15.3. The maximum absolute atomic E-state index is 11.4. The average molecular weight is 561 g/mol. The summed E-state index contributed by atoms with van der Waals surface area (Å²) in [6.45, 7) is 30.3. The van der Waals surface area contributed by atoms with Crippen LogP contribution in [0, 0.1) is 0 Å². The Labute approximate surface area is 248 Å². The highest BCUT2D eigenvalue weighted by Gasteiger charge is 2.30. The van der Waals surface area contributed by atoms with Crippen LogP contribution in [0.15, 0.2) is 24.6 Å². The molecule has 40 heavy (non-hydrogen) atoms. The molecule has 6 heteroatoms. The molecule has 0 N–H and O–H groups in total. The molecular formula is C34H64N4O2. The third-order valence-corrected chi connectivity index (χ3v) is 7.62. The molecular weight excluding hydrogens is 496 g/mol. The Morgan fingerprint density at radius 3 is 1.18 bits per heavy atom. The van der Waals surface area contributed by atoms with E-state index in [1.807, 2.05) is 9.80 Å². The largest absolute Gasteiger partial charge is 0.373 e. The van der Waals surface area contributed by atoms with Crippen LogP contribution in [0.4, 0.5) is 0 Å². The number of likely N-dealkylation sites (tertiary alicyclic amines) is 2. The quantitative estimate of drug-likeness (QED) is 0.306. The maximum Gasteiger partial charge on any atom is 0.223 e. The number of nitrogens with zero attached hydrogens (tertiary/aromatic N) is 4. The Morgan fingerprint density at radius 1 is 0.475 bits per heavy atom. The van der Waals surface area contributed by atoms with Gasteiger partial charge < -0.3 is 19.6 Å². The first-order chi connectivity index (χ1) is 18.2. The van der Waals surface area contributed by atoms with Crippen LogP contribution in [-0.4, -0.2) is 79.7 Å². The molecule has 2 amide bonds. The van der Waals surface area contributed by atoms with Gasteiger partial charge in [0, 0.05) is 61.2 Å². The van der Waals surface area contributed by atoms with Crippen LogP contribution in [0.1, 0.15) is 134 Å². The molecule has 4 heterocycles. The van der Waals surface area contributed by atoms with Gasteiger partial charge in [0.2, 0.25) is 11.8 Å². The van der Waals surface area contributed by atoms with E-state index in [0.29, 0.717) is 22.9 Å². The minimum atomic E-state index is 0.0253. The van der Waals surface area contributed by atoms with Gasteiger partial charge in [0.05, 0.1) is 0 Å². The van der Waals surface area contributed by atoms with Gasteiger partial charge in [0.25, 0.3) is 0 Å². The molecule has 0 bridgehead atoms. The number of piperidine rings is 1. The van der Waals surface area contributed by atoms with Crippen molar-refractivity contribution in [3.63, 3.8) is 0 Å². The van der Waals surface area contributed by atoms with Crippen LogP contribution in [0.25, 0.3) is 0 Å². The first-order valence-corrected chi connectivity index (χ1v) is 15.7. The van der Waals surface area contributed by atoms with Gasteiger partial charge >= 0.3 is 0 Å². The van der Waals surface area contributed by atoms with Crippen LogP contribution in [-0.2, 0) is 9.59 Å². The molecule has 4 rings (SSSR count).